The molecular weight excluding hydrogens is 402 g/mol. The molecule has 3 rings (SSSR count). The van der Waals surface area contributed by atoms with Crippen molar-refractivity contribution in [2.45, 2.75) is 0 Å². The molecule has 28 heavy (non-hydrogen) atoms. The molecule has 144 valence electrons. The molecule has 2 amide bonds. The van der Waals surface area contributed by atoms with E-state index < -0.39 is 6.03 Å². The number of urea groups is 1. The number of pyridine rings is 1. The van der Waals surface area contributed by atoms with E-state index in [1.807, 2.05) is 0 Å². The normalized spacial score (nSPS) is 10.5. The molecule has 0 fully saturated rings. The number of hydrogen-bond acceptors (Lipinski definition) is 7. The minimum absolute atomic E-state index is 0.126. The highest BCUT2D eigenvalue weighted by molar-refractivity contribution is 7.78. The predicted octanol–water partition coefficient (Wildman–Crippen LogP) is 3.92. The fourth-order valence-electron chi connectivity index (χ4n) is 2.36. The molecule has 1 aromatic carbocycles. The van der Waals surface area contributed by atoms with Crippen molar-refractivity contribution in [1.29, 1.82) is 0 Å². The maximum absolute atomic E-state index is 12.0. The van der Waals surface area contributed by atoms with Crippen LogP contribution in [-0.2, 0) is 0 Å². The molecule has 3 aromatic rings. The van der Waals surface area contributed by atoms with E-state index in [4.69, 9.17) is 16.3 Å². The Labute approximate surface area is 171 Å². The molecule has 0 aliphatic heterocycles. The van der Waals surface area contributed by atoms with Gasteiger partial charge < -0.3 is 9.84 Å². The van der Waals surface area contributed by atoms with Crippen LogP contribution < -0.4 is 10.1 Å². The molecule has 8 nitrogen and oxygen atoms in total. The van der Waals surface area contributed by atoms with Crippen LogP contribution in [0.3, 0.4) is 0 Å². The lowest BCUT2D eigenvalue weighted by atomic mass is 10.1. The first-order valence-electron chi connectivity index (χ1n) is 8.02. The summed E-state index contributed by atoms with van der Waals surface area (Å²) in [6, 6.07) is 6.00. The van der Waals surface area contributed by atoms with E-state index in [0.717, 1.165) is 4.31 Å². The smallest absolute Gasteiger partial charge is 0.333 e. The van der Waals surface area contributed by atoms with Crippen LogP contribution in [0.1, 0.15) is 0 Å². The molecule has 0 atom stereocenters. The first kappa shape index (κ1) is 19.7. The number of thiol groups is 1. The third-order valence-corrected chi connectivity index (χ3v) is 4.36. The number of anilines is 1. The molecule has 0 unspecified atom stereocenters. The molecule has 0 bridgehead atoms. The van der Waals surface area contributed by atoms with Crippen molar-refractivity contribution < 1.29 is 14.6 Å². The van der Waals surface area contributed by atoms with Gasteiger partial charge in [-0.25, -0.2) is 14.8 Å². The van der Waals surface area contributed by atoms with Crippen molar-refractivity contribution in [3.8, 4) is 22.8 Å². The number of amides is 2. The monoisotopic (exact) mass is 417 g/mol. The van der Waals surface area contributed by atoms with Gasteiger partial charge in [0.15, 0.2) is 17.1 Å². The number of aromatic nitrogens is 3. The maximum Gasteiger partial charge on any atom is 0.333 e. The van der Waals surface area contributed by atoms with Gasteiger partial charge in [0.1, 0.15) is 11.3 Å². The van der Waals surface area contributed by atoms with Crippen LogP contribution in [0.2, 0.25) is 5.02 Å². The summed E-state index contributed by atoms with van der Waals surface area (Å²) in [6.07, 6.45) is 3.11. The number of benzene rings is 1. The quantitative estimate of drug-likeness (QED) is 0.429. The number of carbonyl (C=O) groups is 1. The Kier molecular flexibility index (Phi) is 5.86. The average Bonchev–Trinajstić information content (AvgIpc) is 2.69. The minimum Gasteiger partial charge on any atom is -0.503 e. The molecule has 2 aromatic heterocycles. The molecule has 0 saturated heterocycles. The maximum atomic E-state index is 12.0. The fourth-order valence-corrected chi connectivity index (χ4v) is 2.74. The molecule has 0 aliphatic carbocycles. The number of phenols is 1. The number of aromatic hydroxyl groups is 1. The Morgan fingerprint density at radius 3 is 2.93 bits per heavy atom. The van der Waals surface area contributed by atoms with E-state index in [9.17, 15) is 9.90 Å². The summed E-state index contributed by atoms with van der Waals surface area (Å²) in [5.41, 5.74) is 1.95. The number of carbonyl (C=O) groups excluding carboxylic acids is 1. The highest BCUT2D eigenvalue weighted by atomic mass is 35.5. The van der Waals surface area contributed by atoms with Crippen LogP contribution in [0.4, 0.5) is 10.6 Å². The van der Waals surface area contributed by atoms with Crippen LogP contribution in [0.5, 0.6) is 11.5 Å². The van der Waals surface area contributed by atoms with Crippen LogP contribution in [0, 0.1) is 0 Å². The summed E-state index contributed by atoms with van der Waals surface area (Å²) < 4.78 is 6.27. The number of rotatable bonds is 5. The lowest BCUT2D eigenvalue weighted by Gasteiger charge is -2.14. The molecule has 0 aliphatic rings. The summed E-state index contributed by atoms with van der Waals surface area (Å²) in [5, 5.41) is 12.6. The summed E-state index contributed by atoms with van der Waals surface area (Å²) in [7, 11) is 1.43. The fraction of sp³-hybridized carbons (Fsp3) is 0.111. The van der Waals surface area contributed by atoms with E-state index in [0.29, 0.717) is 28.2 Å². The first-order valence-corrected chi connectivity index (χ1v) is 8.79. The van der Waals surface area contributed by atoms with Gasteiger partial charge in [-0.15, -0.1) is 6.58 Å². The minimum atomic E-state index is -0.450. The van der Waals surface area contributed by atoms with Gasteiger partial charge in [0.25, 0.3) is 0 Å². The van der Waals surface area contributed by atoms with Crippen LogP contribution in [0.25, 0.3) is 22.4 Å². The first-order chi connectivity index (χ1) is 13.4. The third-order valence-electron chi connectivity index (χ3n) is 3.72. The summed E-state index contributed by atoms with van der Waals surface area (Å²) in [4.78, 5) is 25.1. The third kappa shape index (κ3) is 4.10. The Morgan fingerprint density at radius 2 is 2.21 bits per heavy atom. The summed E-state index contributed by atoms with van der Waals surface area (Å²) in [6.45, 7) is 3.83. The molecule has 0 spiro atoms. The average molecular weight is 418 g/mol. The van der Waals surface area contributed by atoms with E-state index in [1.54, 1.807) is 36.5 Å². The van der Waals surface area contributed by atoms with Gasteiger partial charge in [0.05, 0.1) is 30.6 Å². The number of ether oxygens (including phenoxy) is 1. The van der Waals surface area contributed by atoms with Crippen LogP contribution >= 0.6 is 24.4 Å². The highest BCUT2D eigenvalue weighted by Gasteiger charge is 2.13. The SMILES string of the molecule is C=CCN(S)C(=O)Nc1ccc2ncc(-c3cc(Cl)c(O)c(OC)c3)nc2n1. The van der Waals surface area contributed by atoms with Gasteiger partial charge in [-0.2, -0.15) is 0 Å². The highest BCUT2D eigenvalue weighted by Crippen LogP contribution is 2.37. The van der Waals surface area contributed by atoms with Crippen LogP contribution in [0.15, 0.2) is 43.1 Å². The number of fused-ring (bicyclic) bond motifs is 1. The van der Waals surface area contributed by atoms with Gasteiger partial charge in [0, 0.05) is 5.56 Å². The number of methoxy groups -OCH3 is 1. The number of phenolic OH excluding ortho intramolecular Hbond substituents is 1. The largest absolute Gasteiger partial charge is 0.503 e. The molecule has 10 heteroatoms. The molecule has 2 N–H and O–H groups in total. The van der Waals surface area contributed by atoms with Crippen molar-refractivity contribution in [2.24, 2.45) is 0 Å². The Morgan fingerprint density at radius 1 is 1.43 bits per heavy atom. The summed E-state index contributed by atoms with van der Waals surface area (Å²) in [5.74, 6) is 0.364. The van der Waals surface area contributed by atoms with Gasteiger partial charge in [-0.3, -0.25) is 14.6 Å². The van der Waals surface area contributed by atoms with E-state index >= 15 is 0 Å². The second-order valence-corrected chi connectivity index (χ2v) is 6.49. The topological polar surface area (TPSA) is 100 Å². The second kappa shape index (κ2) is 8.32. The van der Waals surface area contributed by atoms with Crippen molar-refractivity contribution in [3.63, 3.8) is 0 Å². The lowest BCUT2D eigenvalue weighted by molar-refractivity contribution is 0.241. The number of nitrogens with one attached hydrogen (secondary N) is 1. The number of hydrogen-bond donors (Lipinski definition) is 3. The Bertz CT molecular complexity index is 1060. The van der Waals surface area contributed by atoms with E-state index in [2.05, 4.69) is 39.7 Å². The van der Waals surface area contributed by atoms with Gasteiger partial charge in [-0.05, 0) is 24.3 Å². The van der Waals surface area contributed by atoms with Crippen molar-refractivity contribution in [2.75, 3.05) is 19.0 Å². The Balaban J connectivity index is 1.96. The molecule has 0 radical (unpaired) electrons. The summed E-state index contributed by atoms with van der Waals surface area (Å²) >= 11 is 10.1. The molecular formula is C18H16ClN5O3S. The van der Waals surface area contributed by atoms with Gasteiger partial charge in [0.2, 0.25) is 0 Å². The van der Waals surface area contributed by atoms with Crippen molar-refractivity contribution in [1.82, 2.24) is 19.3 Å². The van der Waals surface area contributed by atoms with Crippen molar-refractivity contribution in [3.05, 3.63) is 48.1 Å². The lowest BCUT2D eigenvalue weighted by Crippen LogP contribution is -2.27. The van der Waals surface area contributed by atoms with Crippen LogP contribution in [-0.4, -0.2) is 44.0 Å². The van der Waals surface area contributed by atoms with Crippen molar-refractivity contribution >= 4 is 47.4 Å². The Hall–Kier alpha value is -3.04. The standard InChI is InChI=1S/C18H16ClN5O3S/c1-3-6-24(28)18(26)23-15-5-4-12-17(22-15)21-13(9-20-12)10-7-11(19)16(25)14(8-10)27-2/h3-5,7-9,25,28H,1,6H2,2H3,(H,21,22,23,26). The van der Waals surface area contributed by atoms with E-state index in [1.165, 1.54) is 7.11 Å². The number of halogens is 1. The zero-order valence-corrected chi connectivity index (χ0v) is 16.4. The predicted molar refractivity (Wildman–Crippen MR) is 111 cm³/mol. The zero-order chi connectivity index (χ0) is 20.3. The number of nitrogens with zero attached hydrogens (tertiary/aromatic N) is 4. The molecule has 0 saturated carbocycles. The molecule has 2 heterocycles. The zero-order valence-electron chi connectivity index (χ0n) is 14.8. The van der Waals surface area contributed by atoms with E-state index in [-0.39, 0.29) is 23.1 Å². The van der Waals surface area contributed by atoms with Gasteiger partial charge >= 0.3 is 6.03 Å². The second-order valence-electron chi connectivity index (χ2n) is 5.60. The van der Waals surface area contributed by atoms with Gasteiger partial charge in [-0.1, -0.05) is 30.5 Å².